The Morgan fingerprint density at radius 1 is 1.30 bits per heavy atom. The molecule has 2 N–H and O–H groups in total. The molecular weight excluding hydrogens is 252 g/mol. The van der Waals surface area contributed by atoms with Gasteiger partial charge in [-0.25, -0.2) is 0 Å². The number of aromatic nitrogens is 2. The average Bonchev–Trinajstić information content (AvgIpc) is 2.96. The second kappa shape index (κ2) is 5.11. The maximum absolute atomic E-state index is 6.26. The molecule has 1 saturated heterocycles. The number of nitrogens with zero attached hydrogens (tertiary/aromatic N) is 3. The molecular formula is C15H26N4O. The first kappa shape index (κ1) is 14.0. The van der Waals surface area contributed by atoms with Crippen LogP contribution in [0.1, 0.15) is 51.7 Å². The highest BCUT2D eigenvalue weighted by Crippen LogP contribution is 2.36. The third-order valence-electron chi connectivity index (χ3n) is 4.73. The number of likely N-dealkylation sites (tertiary alicyclic amines) is 1. The molecule has 3 rings (SSSR count). The highest BCUT2D eigenvalue weighted by atomic mass is 16.5. The summed E-state index contributed by atoms with van der Waals surface area (Å²) in [6.45, 7) is 9.29. The van der Waals surface area contributed by atoms with E-state index in [1.807, 2.05) is 0 Å². The third-order valence-corrected chi connectivity index (χ3v) is 4.73. The van der Waals surface area contributed by atoms with Crippen molar-refractivity contribution in [1.29, 1.82) is 0 Å². The van der Waals surface area contributed by atoms with Gasteiger partial charge in [0.2, 0.25) is 5.89 Å². The number of rotatable bonds is 2. The zero-order valence-electron chi connectivity index (χ0n) is 12.8. The standard InChI is InChI=1S/C15H26N4O/c1-15(2,3)14-17-13(20-18-14)9-19-7-10-5-4-6-12(16)11(10)8-19/h10-12H,4-9,16H2,1-3H3. The Bertz CT molecular complexity index is 465. The number of nitrogens with two attached hydrogens (primary N) is 1. The molecule has 3 unspecified atom stereocenters. The quantitative estimate of drug-likeness (QED) is 0.895. The summed E-state index contributed by atoms with van der Waals surface area (Å²) in [6.07, 6.45) is 3.79. The lowest BCUT2D eigenvalue weighted by molar-refractivity contribution is 0.251. The van der Waals surface area contributed by atoms with Gasteiger partial charge in [-0.05, 0) is 24.7 Å². The molecule has 5 nitrogen and oxygen atoms in total. The molecule has 2 fully saturated rings. The van der Waals surface area contributed by atoms with E-state index in [1.165, 1.54) is 19.3 Å². The van der Waals surface area contributed by atoms with Gasteiger partial charge in [0, 0.05) is 24.5 Å². The molecule has 0 bridgehead atoms. The van der Waals surface area contributed by atoms with Crippen molar-refractivity contribution in [2.24, 2.45) is 17.6 Å². The van der Waals surface area contributed by atoms with E-state index in [4.69, 9.17) is 10.3 Å². The predicted octanol–water partition coefficient (Wildman–Crippen LogP) is 1.93. The van der Waals surface area contributed by atoms with E-state index in [0.717, 1.165) is 37.3 Å². The first-order valence-corrected chi connectivity index (χ1v) is 7.74. The Morgan fingerprint density at radius 2 is 2.10 bits per heavy atom. The molecule has 2 heterocycles. The van der Waals surface area contributed by atoms with Crippen LogP contribution in [-0.4, -0.2) is 34.2 Å². The van der Waals surface area contributed by atoms with E-state index < -0.39 is 0 Å². The predicted molar refractivity (Wildman–Crippen MR) is 77.1 cm³/mol. The van der Waals surface area contributed by atoms with Crippen LogP contribution < -0.4 is 5.73 Å². The molecule has 2 aliphatic rings. The van der Waals surface area contributed by atoms with E-state index in [1.54, 1.807) is 0 Å². The van der Waals surface area contributed by atoms with E-state index >= 15 is 0 Å². The molecule has 0 amide bonds. The lowest BCUT2D eigenvalue weighted by Crippen LogP contribution is -2.38. The van der Waals surface area contributed by atoms with E-state index in [9.17, 15) is 0 Å². The van der Waals surface area contributed by atoms with Gasteiger partial charge in [0.25, 0.3) is 0 Å². The molecule has 1 aliphatic heterocycles. The first-order chi connectivity index (χ1) is 9.43. The topological polar surface area (TPSA) is 68.2 Å². The maximum Gasteiger partial charge on any atom is 0.240 e. The summed E-state index contributed by atoms with van der Waals surface area (Å²) >= 11 is 0. The Morgan fingerprint density at radius 3 is 2.75 bits per heavy atom. The number of hydrogen-bond donors (Lipinski definition) is 1. The first-order valence-electron chi connectivity index (χ1n) is 7.74. The van der Waals surface area contributed by atoms with Crippen molar-refractivity contribution < 1.29 is 4.52 Å². The van der Waals surface area contributed by atoms with Gasteiger partial charge in [0.1, 0.15) is 0 Å². The molecule has 0 aromatic carbocycles. The molecule has 1 aromatic heterocycles. The van der Waals surface area contributed by atoms with Crippen molar-refractivity contribution in [2.75, 3.05) is 13.1 Å². The fourth-order valence-electron chi connectivity index (χ4n) is 3.55. The summed E-state index contributed by atoms with van der Waals surface area (Å²) in [6, 6.07) is 0.381. The van der Waals surface area contributed by atoms with Crippen molar-refractivity contribution in [3.8, 4) is 0 Å². The molecule has 3 atom stereocenters. The Kier molecular flexibility index (Phi) is 3.58. The summed E-state index contributed by atoms with van der Waals surface area (Å²) in [4.78, 5) is 6.96. The smallest absolute Gasteiger partial charge is 0.240 e. The van der Waals surface area contributed by atoms with Crippen molar-refractivity contribution in [2.45, 2.75) is 58.0 Å². The molecule has 1 aliphatic carbocycles. The number of hydrogen-bond acceptors (Lipinski definition) is 5. The van der Waals surface area contributed by atoms with Crippen LogP contribution in [0.2, 0.25) is 0 Å². The van der Waals surface area contributed by atoms with Gasteiger partial charge in [-0.15, -0.1) is 0 Å². The normalized spacial score (nSPS) is 31.5. The summed E-state index contributed by atoms with van der Waals surface area (Å²) in [7, 11) is 0. The van der Waals surface area contributed by atoms with Crippen LogP contribution in [0.5, 0.6) is 0 Å². The van der Waals surface area contributed by atoms with Gasteiger partial charge < -0.3 is 10.3 Å². The van der Waals surface area contributed by atoms with Crippen LogP contribution in [0.4, 0.5) is 0 Å². The minimum Gasteiger partial charge on any atom is -0.338 e. The summed E-state index contributed by atoms with van der Waals surface area (Å²) in [5.41, 5.74) is 6.21. The highest BCUT2D eigenvalue weighted by molar-refractivity contribution is 5.01. The minimum atomic E-state index is -0.0525. The molecule has 0 radical (unpaired) electrons. The van der Waals surface area contributed by atoms with Gasteiger partial charge in [0.15, 0.2) is 5.82 Å². The summed E-state index contributed by atoms with van der Waals surface area (Å²) in [5, 5.41) is 4.10. The van der Waals surface area contributed by atoms with Crippen LogP contribution in [0.25, 0.3) is 0 Å². The van der Waals surface area contributed by atoms with Gasteiger partial charge >= 0.3 is 0 Å². The monoisotopic (exact) mass is 278 g/mol. The van der Waals surface area contributed by atoms with Gasteiger partial charge in [-0.3, -0.25) is 4.90 Å². The van der Waals surface area contributed by atoms with Crippen molar-refractivity contribution >= 4 is 0 Å². The van der Waals surface area contributed by atoms with Crippen molar-refractivity contribution in [3.05, 3.63) is 11.7 Å². The maximum atomic E-state index is 6.26. The molecule has 20 heavy (non-hydrogen) atoms. The van der Waals surface area contributed by atoms with Gasteiger partial charge in [-0.1, -0.05) is 32.3 Å². The second-order valence-electron chi connectivity index (χ2n) is 7.47. The fourth-order valence-corrected chi connectivity index (χ4v) is 3.55. The number of fused-ring (bicyclic) bond motifs is 1. The summed E-state index contributed by atoms with van der Waals surface area (Å²) < 4.78 is 5.40. The van der Waals surface area contributed by atoms with Crippen LogP contribution >= 0.6 is 0 Å². The molecule has 0 spiro atoms. The van der Waals surface area contributed by atoms with Gasteiger partial charge in [-0.2, -0.15) is 4.98 Å². The SMILES string of the molecule is CC(C)(C)c1noc(CN2CC3CCCC(N)C3C2)n1. The van der Waals surface area contributed by atoms with Crippen LogP contribution in [0.3, 0.4) is 0 Å². The highest BCUT2D eigenvalue weighted by Gasteiger charge is 2.39. The zero-order chi connectivity index (χ0) is 14.3. The van der Waals surface area contributed by atoms with Crippen LogP contribution in [0, 0.1) is 11.8 Å². The van der Waals surface area contributed by atoms with Crippen LogP contribution in [0.15, 0.2) is 4.52 Å². The van der Waals surface area contributed by atoms with E-state index in [-0.39, 0.29) is 5.41 Å². The molecule has 5 heteroatoms. The molecule has 1 aromatic rings. The van der Waals surface area contributed by atoms with E-state index in [2.05, 4.69) is 35.8 Å². The second-order valence-corrected chi connectivity index (χ2v) is 7.47. The molecule has 1 saturated carbocycles. The Labute approximate surface area is 120 Å². The lowest BCUT2D eigenvalue weighted by Gasteiger charge is -2.29. The average molecular weight is 278 g/mol. The van der Waals surface area contributed by atoms with E-state index in [0.29, 0.717) is 12.0 Å². The summed E-state index contributed by atoms with van der Waals surface area (Å²) in [5.74, 6) is 2.96. The Balaban J connectivity index is 1.63. The van der Waals surface area contributed by atoms with Crippen molar-refractivity contribution in [1.82, 2.24) is 15.0 Å². The zero-order valence-corrected chi connectivity index (χ0v) is 12.8. The Hall–Kier alpha value is -0.940. The fraction of sp³-hybridized carbons (Fsp3) is 0.867. The van der Waals surface area contributed by atoms with Crippen LogP contribution in [-0.2, 0) is 12.0 Å². The third kappa shape index (κ3) is 2.74. The van der Waals surface area contributed by atoms with Gasteiger partial charge in [0.05, 0.1) is 6.54 Å². The largest absolute Gasteiger partial charge is 0.338 e. The van der Waals surface area contributed by atoms with Crippen molar-refractivity contribution in [3.63, 3.8) is 0 Å². The molecule has 112 valence electrons. The lowest BCUT2D eigenvalue weighted by atomic mass is 9.78. The minimum absolute atomic E-state index is 0.0525.